The molecule has 0 fully saturated rings. The van der Waals surface area contributed by atoms with Crippen LogP contribution in [0.15, 0.2) is 47.8 Å². The molecule has 1 N–H and O–H groups in total. The van der Waals surface area contributed by atoms with E-state index >= 15 is 0 Å². The lowest BCUT2D eigenvalue weighted by Gasteiger charge is -2.04. The first-order valence-corrected chi connectivity index (χ1v) is 6.11. The number of hydrazone groups is 1. The molecule has 2 aromatic rings. The van der Waals surface area contributed by atoms with Gasteiger partial charge in [0.25, 0.3) is 5.91 Å². The Labute approximate surface area is 120 Å². The fourth-order valence-corrected chi connectivity index (χ4v) is 1.96. The van der Waals surface area contributed by atoms with Crippen molar-refractivity contribution < 1.29 is 4.79 Å². The van der Waals surface area contributed by atoms with Gasteiger partial charge in [-0.05, 0) is 18.2 Å². The van der Waals surface area contributed by atoms with E-state index in [4.69, 9.17) is 23.2 Å². The highest BCUT2D eigenvalue weighted by molar-refractivity contribution is 6.39. The van der Waals surface area contributed by atoms with Crippen molar-refractivity contribution in [2.45, 2.75) is 0 Å². The Morgan fingerprint density at radius 2 is 1.95 bits per heavy atom. The summed E-state index contributed by atoms with van der Waals surface area (Å²) in [5, 5.41) is 4.38. The van der Waals surface area contributed by atoms with Gasteiger partial charge in [0.1, 0.15) is 0 Å². The van der Waals surface area contributed by atoms with Crippen LogP contribution in [0.5, 0.6) is 0 Å². The Morgan fingerprint density at radius 1 is 1.21 bits per heavy atom. The van der Waals surface area contributed by atoms with Gasteiger partial charge in [0.15, 0.2) is 0 Å². The Morgan fingerprint density at radius 3 is 2.58 bits per heavy atom. The summed E-state index contributed by atoms with van der Waals surface area (Å²) in [7, 11) is 0. The van der Waals surface area contributed by atoms with Crippen molar-refractivity contribution in [3.05, 3.63) is 63.9 Å². The van der Waals surface area contributed by atoms with Gasteiger partial charge in [-0.25, -0.2) is 5.43 Å². The summed E-state index contributed by atoms with van der Waals surface area (Å²) in [6, 6.07) is 8.43. The molecule has 0 unspecified atom stereocenters. The van der Waals surface area contributed by atoms with Crippen LogP contribution < -0.4 is 5.43 Å². The van der Waals surface area contributed by atoms with Crippen LogP contribution in [0.4, 0.5) is 0 Å². The zero-order valence-corrected chi connectivity index (χ0v) is 11.2. The zero-order chi connectivity index (χ0) is 13.7. The Kier molecular flexibility index (Phi) is 4.49. The van der Waals surface area contributed by atoms with Crippen molar-refractivity contribution >= 4 is 35.3 Å². The number of carbonyl (C=O) groups excluding carboxylic acids is 1. The number of hydrogen-bond acceptors (Lipinski definition) is 3. The van der Waals surface area contributed by atoms with Crippen molar-refractivity contribution in [3.63, 3.8) is 0 Å². The molecular weight excluding hydrogens is 285 g/mol. The molecule has 1 amide bonds. The van der Waals surface area contributed by atoms with Gasteiger partial charge in [-0.1, -0.05) is 35.3 Å². The highest BCUT2D eigenvalue weighted by atomic mass is 35.5. The molecule has 0 radical (unpaired) electrons. The number of rotatable bonds is 3. The van der Waals surface area contributed by atoms with E-state index in [2.05, 4.69) is 15.5 Å². The number of pyridine rings is 1. The quantitative estimate of drug-likeness (QED) is 0.698. The van der Waals surface area contributed by atoms with Crippen LogP contribution in [0, 0.1) is 0 Å². The monoisotopic (exact) mass is 293 g/mol. The maximum Gasteiger partial charge on any atom is 0.274 e. The summed E-state index contributed by atoms with van der Waals surface area (Å²) >= 11 is 11.8. The lowest BCUT2D eigenvalue weighted by molar-refractivity contribution is 0.0955. The smallest absolute Gasteiger partial charge is 0.267 e. The van der Waals surface area contributed by atoms with E-state index in [0.29, 0.717) is 0 Å². The minimum Gasteiger partial charge on any atom is -0.267 e. The molecule has 1 heterocycles. The van der Waals surface area contributed by atoms with Gasteiger partial charge in [0, 0.05) is 18.0 Å². The Balaban J connectivity index is 2.08. The maximum atomic E-state index is 11.9. The first kappa shape index (κ1) is 13.5. The van der Waals surface area contributed by atoms with Gasteiger partial charge >= 0.3 is 0 Å². The minimum absolute atomic E-state index is 0.203. The van der Waals surface area contributed by atoms with Crippen LogP contribution in [0.25, 0.3) is 0 Å². The fraction of sp³-hybridized carbons (Fsp3) is 0. The number of nitrogens with one attached hydrogen (secondary N) is 1. The largest absolute Gasteiger partial charge is 0.274 e. The molecule has 4 nitrogen and oxygen atoms in total. The third kappa shape index (κ3) is 3.53. The standard InChI is InChI=1S/C13H9Cl2N3O/c14-10-4-1-5-11(15)12(10)13(19)18-17-8-9-3-2-6-16-7-9/h1-8H,(H,18,19)/b17-8+. The van der Waals surface area contributed by atoms with Gasteiger partial charge < -0.3 is 0 Å². The second kappa shape index (κ2) is 6.31. The summed E-state index contributed by atoms with van der Waals surface area (Å²) in [4.78, 5) is 15.8. The molecule has 0 aliphatic heterocycles. The molecule has 6 heteroatoms. The lowest BCUT2D eigenvalue weighted by atomic mass is 10.2. The van der Waals surface area contributed by atoms with Crippen LogP contribution in [0.1, 0.15) is 15.9 Å². The number of hydrogen-bond donors (Lipinski definition) is 1. The van der Waals surface area contributed by atoms with Crippen LogP contribution in [-0.4, -0.2) is 17.1 Å². The molecule has 2 rings (SSSR count). The maximum absolute atomic E-state index is 11.9. The average molecular weight is 294 g/mol. The normalized spacial score (nSPS) is 10.6. The predicted octanol–water partition coefficient (Wildman–Crippen LogP) is 3.15. The molecule has 0 bridgehead atoms. The first-order chi connectivity index (χ1) is 9.18. The van der Waals surface area contributed by atoms with E-state index in [1.54, 1.807) is 36.7 Å². The molecule has 0 spiro atoms. The molecule has 0 aliphatic rings. The first-order valence-electron chi connectivity index (χ1n) is 5.36. The van der Waals surface area contributed by atoms with E-state index in [-0.39, 0.29) is 15.6 Å². The van der Waals surface area contributed by atoms with E-state index in [1.165, 1.54) is 6.21 Å². The molecule has 0 saturated heterocycles. The van der Waals surface area contributed by atoms with Crippen molar-refractivity contribution in [1.82, 2.24) is 10.4 Å². The minimum atomic E-state index is -0.462. The SMILES string of the molecule is O=C(N/N=C/c1cccnc1)c1c(Cl)cccc1Cl. The van der Waals surface area contributed by atoms with Crippen LogP contribution in [0.2, 0.25) is 10.0 Å². The highest BCUT2D eigenvalue weighted by Crippen LogP contribution is 2.23. The number of halogens is 2. The Bertz CT molecular complexity index is 594. The molecule has 0 atom stereocenters. The van der Waals surface area contributed by atoms with Crippen LogP contribution in [-0.2, 0) is 0 Å². The van der Waals surface area contributed by atoms with Gasteiger partial charge in [-0.2, -0.15) is 5.10 Å². The number of amides is 1. The molecular formula is C13H9Cl2N3O. The van der Waals surface area contributed by atoms with Gasteiger partial charge in [-0.3, -0.25) is 9.78 Å². The summed E-state index contributed by atoms with van der Waals surface area (Å²) in [6.07, 6.45) is 4.76. The fourth-order valence-electron chi connectivity index (χ4n) is 1.39. The average Bonchev–Trinajstić information content (AvgIpc) is 2.40. The van der Waals surface area contributed by atoms with Gasteiger partial charge in [-0.15, -0.1) is 0 Å². The summed E-state index contributed by atoms with van der Waals surface area (Å²) in [5.41, 5.74) is 3.34. The number of benzene rings is 1. The topological polar surface area (TPSA) is 54.4 Å². The summed E-state index contributed by atoms with van der Waals surface area (Å²) in [5.74, 6) is -0.462. The number of aromatic nitrogens is 1. The summed E-state index contributed by atoms with van der Waals surface area (Å²) in [6.45, 7) is 0. The second-order valence-corrected chi connectivity index (χ2v) is 4.40. The third-order valence-electron chi connectivity index (χ3n) is 2.25. The van der Waals surface area contributed by atoms with Crippen LogP contribution >= 0.6 is 23.2 Å². The van der Waals surface area contributed by atoms with Crippen molar-refractivity contribution in [2.24, 2.45) is 5.10 Å². The molecule has 1 aromatic carbocycles. The second-order valence-electron chi connectivity index (χ2n) is 3.58. The van der Waals surface area contributed by atoms with E-state index in [0.717, 1.165) is 5.56 Å². The molecule has 1 aromatic heterocycles. The zero-order valence-electron chi connectivity index (χ0n) is 9.68. The number of nitrogens with zero attached hydrogens (tertiary/aromatic N) is 2. The van der Waals surface area contributed by atoms with Crippen LogP contribution in [0.3, 0.4) is 0 Å². The Hall–Kier alpha value is -1.91. The van der Waals surface area contributed by atoms with E-state index in [9.17, 15) is 4.79 Å². The van der Waals surface area contributed by atoms with E-state index in [1.807, 2.05) is 6.07 Å². The van der Waals surface area contributed by atoms with Crippen molar-refractivity contribution in [3.8, 4) is 0 Å². The highest BCUT2D eigenvalue weighted by Gasteiger charge is 2.13. The summed E-state index contributed by atoms with van der Waals surface area (Å²) < 4.78 is 0. The lowest BCUT2D eigenvalue weighted by Crippen LogP contribution is -2.18. The molecule has 0 aliphatic carbocycles. The molecule has 0 saturated carbocycles. The predicted molar refractivity (Wildman–Crippen MR) is 75.8 cm³/mol. The number of carbonyl (C=O) groups is 1. The van der Waals surface area contributed by atoms with Gasteiger partial charge in [0.2, 0.25) is 0 Å². The van der Waals surface area contributed by atoms with Crippen molar-refractivity contribution in [2.75, 3.05) is 0 Å². The molecule has 19 heavy (non-hydrogen) atoms. The molecule has 96 valence electrons. The third-order valence-corrected chi connectivity index (χ3v) is 2.88. The van der Waals surface area contributed by atoms with E-state index < -0.39 is 5.91 Å². The van der Waals surface area contributed by atoms with Gasteiger partial charge in [0.05, 0.1) is 21.8 Å². The van der Waals surface area contributed by atoms with Crippen molar-refractivity contribution in [1.29, 1.82) is 0 Å².